The zero-order chi connectivity index (χ0) is 20.5. The molecule has 1 aliphatic rings. The van der Waals surface area contributed by atoms with Gasteiger partial charge < -0.3 is 15.4 Å². The number of hydrogen-bond donors (Lipinski definition) is 2. The molecule has 1 aliphatic heterocycles. The van der Waals surface area contributed by atoms with E-state index in [0.29, 0.717) is 22.0 Å². The maximum atomic E-state index is 12.9. The van der Waals surface area contributed by atoms with Crippen LogP contribution in [0.4, 0.5) is 10.7 Å². The lowest BCUT2D eigenvalue weighted by Gasteiger charge is -2.24. The Morgan fingerprint density at radius 3 is 2.72 bits per heavy atom. The summed E-state index contributed by atoms with van der Waals surface area (Å²) in [7, 11) is 1.62. The number of carbonyl (C=O) groups excluding carboxylic acids is 2. The van der Waals surface area contributed by atoms with Gasteiger partial charge in [-0.25, -0.2) is 0 Å². The SMILES string of the molecule is COc1cccc([C@@H]2CC(=O)Nc3sc(C(=O)Nc4ccc(Cl)cc4)c(C)c32)c1. The first kappa shape index (κ1) is 19.5. The molecule has 0 saturated heterocycles. The summed E-state index contributed by atoms with van der Waals surface area (Å²) in [4.78, 5) is 25.8. The monoisotopic (exact) mass is 426 g/mol. The van der Waals surface area contributed by atoms with Gasteiger partial charge in [0.15, 0.2) is 0 Å². The van der Waals surface area contributed by atoms with E-state index in [1.165, 1.54) is 11.3 Å². The number of hydrogen-bond acceptors (Lipinski definition) is 4. The first-order valence-corrected chi connectivity index (χ1v) is 10.3. The third-order valence-electron chi connectivity index (χ3n) is 4.99. The molecule has 1 atom stereocenters. The molecule has 2 N–H and O–H groups in total. The number of fused-ring (bicyclic) bond motifs is 1. The average molecular weight is 427 g/mol. The summed E-state index contributed by atoms with van der Waals surface area (Å²) in [6.45, 7) is 1.93. The van der Waals surface area contributed by atoms with Crippen LogP contribution in [0.5, 0.6) is 5.75 Å². The third-order valence-corrected chi connectivity index (χ3v) is 6.46. The molecule has 0 fully saturated rings. The molecule has 0 bridgehead atoms. The largest absolute Gasteiger partial charge is 0.497 e. The van der Waals surface area contributed by atoms with E-state index in [1.807, 2.05) is 31.2 Å². The average Bonchev–Trinajstić information content (AvgIpc) is 3.05. The van der Waals surface area contributed by atoms with Gasteiger partial charge in [0.05, 0.1) is 17.0 Å². The molecule has 7 heteroatoms. The minimum atomic E-state index is -0.206. The number of carbonyl (C=O) groups is 2. The molecule has 0 radical (unpaired) electrons. The number of ether oxygens (including phenoxy) is 1. The number of thiophene rings is 1. The van der Waals surface area contributed by atoms with Crippen LogP contribution in [-0.4, -0.2) is 18.9 Å². The van der Waals surface area contributed by atoms with Crippen LogP contribution >= 0.6 is 22.9 Å². The van der Waals surface area contributed by atoms with Gasteiger partial charge in [-0.05, 0) is 60.0 Å². The molecule has 0 saturated carbocycles. The van der Waals surface area contributed by atoms with E-state index in [4.69, 9.17) is 16.3 Å². The van der Waals surface area contributed by atoms with Crippen LogP contribution < -0.4 is 15.4 Å². The quantitative estimate of drug-likeness (QED) is 0.583. The van der Waals surface area contributed by atoms with Gasteiger partial charge >= 0.3 is 0 Å². The van der Waals surface area contributed by atoms with Crippen LogP contribution in [0.25, 0.3) is 0 Å². The Morgan fingerprint density at radius 1 is 1.24 bits per heavy atom. The number of amides is 2. The van der Waals surface area contributed by atoms with Crippen molar-refractivity contribution in [3.05, 3.63) is 75.1 Å². The number of rotatable bonds is 4. The van der Waals surface area contributed by atoms with E-state index in [1.54, 1.807) is 31.4 Å². The smallest absolute Gasteiger partial charge is 0.266 e. The molecule has 1 aromatic heterocycles. The Morgan fingerprint density at radius 2 is 2.00 bits per heavy atom. The van der Waals surface area contributed by atoms with Crippen molar-refractivity contribution in [2.24, 2.45) is 0 Å². The first-order valence-electron chi connectivity index (χ1n) is 9.10. The molecule has 2 heterocycles. The molecule has 148 valence electrons. The zero-order valence-corrected chi connectivity index (χ0v) is 17.5. The molecule has 29 heavy (non-hydrogen) atoms. The number of benzene rings is 2. The zero-order valence-electron chi connectivity index (χ0n) is 15.9. The fourth-order valence-electron chi connectivity index (χ4n) is 3.58. The van der Waals surface area contributed by atoms with Crippen LogP contribution in [0.2, 0.25) is 5.02 Å². The summed E-state index contributed by atoms with van der Waals surface area (Å²) in [6, 6.07) is 14.7. The number of anilines is 2. The number of halogens is 1. The highest BCUT2D eigenvalue weighted by Crippen LogP contribution is 2.45. The van der Waals surface area contributed by atoms with Crippen molar-refractivity contribution < 1.29 is 14.3 Å². The summed E-state index contributed by atoms with van der Waals surface area (Å²) in [5.74, 6) is 0.352. The van der Waals surface area contributed by atoms with E-state index in [-0.39, 0.29) is 17.7 Å². The van der Waals surface area contributed by atoms with Crippen molar-refractivity contribution in [2.45, 2.75) is 19.3 Å². The fourth-order valence-corrected chi connectivity index (χ4v) is 4.89. The maximum absolute atomic E-state index is 12.9. The van der Waals surface area contributed by atoms with Gasteiger partial charge in [0.25, 0.3) is 5.91 Å². The standard InChI is InChI=1S/C22H19ClN2O3S/c1-12-19-17(13-4-3-5-16(10-13)28-2)11-18(26)25-22(19)29-20(12)21(27)24-15-8-6-14(23)7-9-15/h3-10,17H,11H2,1-2H3,(H,24,27)(H,25,26)/t17-/m0/s1. The van der Waals surface area contributed by atoms with Crippen molar-refractivity contribution >= 4 is 45.4 Å². The molecular weight excluding hydrogens is 408 g/mol. The highest BCUT2D eigenvalue weighted by Gasteiger charge is 2.33. The normalized spacial score (nSPS) is 15.4. The minimum Gasteiger partial charge on any atom is -0.497 e. The van der Waals surface area contributed by atoms with Gasteiger partial charge in [0, 0.05) is 23.0 Å². The Kier molecular flexibility index (Phi) is 5.30. The highest BCUT2D eigenvalue weighted by atomic mass is 35.5. The number of methoxy groups -OCH3 is 1. The first-order chi connectivity index (χ1) is 14.0. The summed E-state index contributed by atoms with van der Waals surface area (Å²) in [6.07, 6.45) is 0.329. The summed E-state index contributed by atoms with van der Waals surface area (Å²) < 4.78 is 5.34. The molecule has 0 unspecified atom stereocenters. The van der Waals surface area contributed by atoms with E-state index < -0.39 is 0 Å². The molecule has 3 aromatic rings. The van der Waals surface area contributed by atoms with Gasteiger partial charge in [-0.2, -0.15) is 0 Å². The Balaban J connectivity index is 1.70. The molecule has 5 nitrogen and oxygen atoms in total. The lowest BCUT2D eigenvalue weighted by molar-refractivity contribution is -0.116. The number of nitrogens with one attached hydrogen (secondary N) is 2. The molecule has 0 aliphatic carbocycles. The molecule has 0 spiro atoms. The third kappa shape index (κ3) is 3.86. The Hall–Kier alpha value is -2.83. The van der Waals surface area contributed by atoms with Crippen molar-refractivity contribution in [3.63, 3.8) is 0 Å². The summed E-state index contributed by atoms with van der Waals surface area (Å²) in [5.41, 5.74) is 3.53. The van der Waals surface area contributed by atoms with Crippen molar-refractivity contribution in [3.8, 4) is 5.75 Å². The van der Waals surface area contributed by atoms with Gasteiger partial charge in [-0.15, -0.1) is 11.3 Å². The van der Waals surface area contributed by atoms with Gasteiger partial charge in [-0.3, -0.25) is 9.59 Å². The van der Waals surface area contributed by atoms with Crippen molar-refractivity contribution in [1.82, 2.24) is 0 Å². The lowest BCUT2D eigenvalue weighted by Crippen LogP contribution is -2.22. The fraction of sp³-hybridized carbons (Fsp3) is 0.182. The van der Waals surface area contributed by atoms with Crippen LogP contribution in [0.1, 0.15) is 38.7 Å². The highest BCUT2D eigenvalue weighted by molar-refractivity contribution is 7.18. The molecule has 2 amide bonds. The Labute approximate surface area is 177 Å². The van der Waals surface area contributed by atoms with E-state index in [0.717, 1.165) is 27.4 Å². The van der Waals surface area contributed by atoms with Gasteiger partial charge in [0.1, 0.15) is 5.75 Å². The maximum Gasteiger partial charge on any atom is 0.266 e. The molecule has 2 aromatic carbocycles. The van der Waals surface area contributed by atoms with E-state index >= 15 is 0 Å². The Bertz CT molecular complexity index is 1090. The second-order valence-electron chi connectivity index (χ2n) is 6.84. The molecular formula is C22H19ClN2O3S. The van der Waals surface area contributed by atoms with Crippen molar-refractivity contribution in [1.29, 1.82) is 0 Å². The van der Waals surface area contributed by atoms with E-state index in [9.17, 15) is 9.59 Å². The van der Waals surface area contributed by atoms with Crippen LogP contribution in [0, 0.1) is 6.92 Å². The van der Waals surface area contributed by atoms with Crippen molar-refractivity contribution in [2.75, 3.05) is 17.7 Å². The summed E-state index contributed by atoms with van der Waals surface area (Å²) >= 11 is 7.21. The topological polar surface area (TPSA) is 67.4 Å². The van der Waals surface area contributed by atoms with Crippen LogP contribution in [0.15, 0.2) is 48.5 Å². The predicted molar refractivity (Wildman–Crippen MR) is 117 cm³/mol. The molecule has 4 rings (SSSR count). The van der Waals surface area contributed by atoms with Gasteiger partial charge in [-0.1, -0.05) is 23.7 Å². The van der Waals surface area contributed by atoms with Gasteiger partial charge in [0.2, 0.25) is 5.91 Å². The predicted octanol–water partition coefficient (Wildman–Crippen LogP) is 5.44. The minimum absolute atomic E-state index is 0.0590. The lowest BCUT2D eigenvalue weighted by atomic mass is 9.85. The van der Waals surface area contributed by atoms with E-state index in [2.05, 4.69) is 10.6 Å². The summed E-state index contributed by atoms with van der Waals surface area (Å²) in [5, 5.41) is 7.16. The second-order valence-corrected chi connectivity index (χ2v) is 8.30. The van der Waals surface area contributed by atoms with Crippen LogP contribution in [0.3, 0.4) is 0 Å². The second kappa shape index (κ2) is 7.89. The van der Waals surface area contributed by atoms with Crippen LogP contribution in [-0.2, 0) is 4.79 Å².